The highest BCUT2D eigenvalue weighted by Crippen LogP contribution is 2.01. The number of nitrogens with one attached hydrogen (secondary N) is 2. The summed E-state index contributed by atoms with van der Waals surface area (Å²) >= 11 is 0. The van der Waals surface area contributed by atoms with Crippen LogP contribution in [-0.4, -0.2) is 23.1 Å². The first kappa shape index (κ1) is 14.8. The van der Waals surface area contributed by atoms with Crippen LogP contribution in [0.25, 0.3) is 0 Å². The maximum absolute atomic E-state index is 11.6. The van der Waals surface area contributed by atoms with Crippen molar-refractivity contribution in [3.8, 4) is 0 Å². The zero-order valence-corrected chi connectivity index (χ0v) is 11.7. The molecule has 0 saturated carbocycles. The zero-order chi connectivity index (χ0) is 13.4. The summed E-state index contributed by atoms with van der Waals surface area (Å²) in [6.45, 7) is 8.40. The summed E-state index contributed by atoms with van der Waals surface area (Å²) < 4.78 is 1.93. The van der Waals surface area contributed by atoms with E-state index in [0.717, 1.165) is 25.9 Å². The molecule has 4 nitrogen and oxygen atoms in total. The Bertz CT molecular complexity index is 358. The normalized spacial score (nSPS) is 10.9. The van der Waals surface area contributed by atoms with E-state index in [9.17, 15) is 4.79 Å². The van der Waals surface area contributed by atoms with Crippen LogP contribution in [0.3, 0.4) is 0 Å². The largest absolute Gasteiger partial charge is 0.355 e. The fourth-order valence-corrected chi connectivity index (χ4v) is 1.64. The number of amides is 1. The van der Waals surface area contributed by atoms with E-state index in [1.807, 2.05) is 17.0 Å². The van der Waals surface area contributed by atoms with Gasteiger partial charge in [-0.1, -0.05) is 27.2 Å². The summed E-state index contributed by atoms with van der Waals surface area (Å²) in [6, 6.07) is 2.53. The van der Waals surface area contributed by atoms with Crippen molar-refractivity contribution < 1.29 is 4.79 Å². The van der Waals surface area contributed by atoms with Crippen molar-refractivity contribution in [1.29, 1.82) is 0 Å². The van der Waals surface area contributed by atoms with Gasteiger partial charge in [0.15, 0.2) is 0 Å². The van der Waals surface area contributed by atoms with Gasteiger partial charge in [0.2, 0.25) is 5.91 Å². The summed E-state index contributed by atoms with van der Waals surface area (Å²) in [7, 11) is 0. The Balaban J connectivity index is 2.32. The van der Waals surface area contributed by atoms with Crippen LogP contribution < -0.4 is 10.6 Å². The first-order valence-electron chi connectivity index (χ1n) is 6.76. The van der Waals surface area contributed by atoms with E-state index >= 15 is 0 Å². The lowest BCUT2D eigenvalue weighted by atomic mass is 10.3. The number of carbonyl (C=O) groups excluding carboxylic acids is 1. The monoisotopic (exact) mass is 251 g/mol. The minimum absolute atomic E-state index is 0.0856. The van der Waals surface area contributed by atoms with Gasteiger partial charge in [0.05, 0.1) is 0 Å². The van der Waals surface area contributed by atoms with E-state index in [1.165, 1.54) is 5.56 Å². The highest BCUT2D eigenvalue weighted by Gasteiger charge is 2.03. The molecule has 1 rings (SSSR count). The van der Waals surface area contributed by atoms with Gasteiger partial charge in [0.1, 0.15) is 6.54 Å². The number of hydrogen-bond acceptors (Lipinski definition) is 2. The fourth-order valence-electron chi connectivity index (χ4n) is 1.64. The Morgan fingerprint density at radius 2 is 2.22 bits per heavy atom. The van der Waals surface area contributed by atoms with Gasteiger partial charge in [-0.3, -0.25) is 4.79 Å². The first-order chi connectivity index (χ1) is 8.61. The second kappa shape index (κ2) is 7.93. The molecule has 2 N–H and O–H groups in total. The van der Waals surface area contributed by atoms with Gasteiger partial charge in [0, 0.05) is 31.5 Å². The van der Waals surface area contributed by atoms with Gasteiger partial charge in [-0.2, -0.15) is 0 Å². The third-order valence-corrected chi connectivity index (χ3v) is 2.70. The number of rotatable bonds is 8. The van der Waals surface area contributed by atoms with Crippen molar-refractivity contribution in [2.75, 3.05) is 6.54 Å². The third-order valence-electron chi connectivity index (χ3n) is 2.70. The summed E-state index contributed by atoms with van der Waals surface area (Å²) in [4.78, 5) is 11.6. The van der Waals surface area contributed by atoms with Crippen LogP contribution in [0.1, 0.15) is 39.2 Å². The topological polar surface area (TPSA) is 46.1 Å². The average molecular weight is 251 g/mol. The first-order valence-corrected chi connectivity index (χ1v) is 6.76. The van der Waals surface area contributed by atoms with Crippen molar-refractivity contribution in [2.24, 2.45) is 0 Å². The van der Waals surface area contributed by atoms with Gasteiger partial charge in [0.25, 0.3) is 0 Å². The molecule has 0 unspecified atom stereocenters. The summed E-state index contributed by atoms with van der Waals surface area (Å²) in [5.74, 6) is 0.0856. The molecule has 0 aliphatic rings. The van der Waals surface area contributed by atoms with Crippen molar-refractivity contribution in [3.05, 3.63) is 24.0 Å². The van der Waals surface area contributed by atoms with E-state index in [-0.39, 0.29) is 5.91 Å². The molecular weight excluding hydrogens is 226 g/mol. The van der Waals surface area contributed by atoms with Crippen LogP contribution in [0, 0.1) is 0 Å². The molecular formula is C14H25N3O. The lowest BCUT2D eigenvalue weighted by Crippen LogP contribution is -2.28. The summed E-state index contributed by atoms with van der Waals surface area (Å²) in [6.07, 6.45) is 6.13. The molecule has 0 aliphatic carbocycles. The van der Waals surface area contributed by atoms with Crippen LogP contribution in [0.15, 0.2) is 18.5 Å². The van der Waals surface area contributed by atoms with Crippen molar-refractivity contribution in [1.82, 2.24) is 15.2 Å². The van der Waals surface area contributed by atoms with Gasteiger partial charge < -0.3 is 15.2 Å². The Labute approximate surface area is 110 Å². The molecule has 4 heteroatoms. The molecule has 0 aliphatic heterocycles. The number of aromatic nitrogens is 1. The predicted molar refractivity (Wildman–Crippen MR) is 74.3 cm³/mol. The highest BCUT2D eigenvalue weighted by atomic mass is 16.1. The lowest BCUT2D eigenvalue weighted by Gasteiger charge is -2.06. The molecule has 0 radical (unpaired) electrons. The van der Waals surface area contributed by atoms with E-state index in [4.69, 9.17) is 0 Å². The molecule has 1 aromatic heterocycles. The quantitative estimate of drug-likeness (QED) is 0.693. The molecule has 18 heavy (non-hydrogen) atoms. The Kier molecular flexibility index (Phi) is 6.50. The zero-order valence-electron chi connectivity index (χ0n) is 11.7. The molecule has 1 aromatic rings. The molecule has 1 amide bonds. The highest BCUT2D eigenvalue weighted by molar-refractivity contribution is 5.75. The maximum Gasteiger partial charge on any atom is 0.239 e. The molecule has 0 saturated heterocycles. The predicted octanol–water partition coefficient (Wildman–Crippen LogP) is 1.90. The van der Waals surface area contributed by atoms with Gasteiger partial charge in [-0.05, 0) is 18.1 Å². The Morgan fingerprint density at radius 3 is 2.89 bits per heavy atom. The number of unbranched alkanes of at least 4 members (excludes halogenated alkanes) is 1. The van der Waals surface area contributed by atoms with Crippen LogP contribution >= 0.6 is 0 Å². The molecule has 0 aromatic carbocycles. The Morgan fingerprint density at radius 1 is 1.44 bits per heavy atom. The molecule has 102 valence electrons. The van der Waals surface area contributed by atoms with Gasteiger partial charge in [-0.15, -0.1) is 0 Å². The van der Waals surface area contributed by atoms with E-state index < -0.39 is 0 Å². The van der Waals surface area contributed by atoms with Crippen LogP contribution in [-0.2, 0) is 17.9 Å². The van der Waals surface area contributed by atoms with Crippen molar-refractivity contribution in [3.63, 3.8) is 0 Å². The minimum atomic E-state index is 0.0856. The van der Waals surface area contributed by atoms with Gasteiger partial charge in [-0.25, -0.2) is 0 Å². The van der Waals surface area contributed by atoms with Crippen LogP contribution in [0.4, 0.5) is 0 Å². The van der Waals surface area contributed by atoms with E-state index in [2.05, 4.69) is 37.5 Å². The number of carbonyl (C=O) groups is 1. The van der Waals surface area contributed by atoms with Crippen LogP contribution in [0.5, 0.6) is 0 Å². The van der Waals surface area contributed by atoms with Crippen LogP contribution in [0.2, 0.25) is 0 Å². The maximum atomic E-state index is 11.6. The summed E-state index contributed by atoms with van der Waals surface area (Å²) in [5, 5.41) is 6.27. The molecule has 1 heterocycles. The standard InChI is InChI=1S/C14H25N3O/c1-4-5-7-15-14(18)11-17-8-6-13(10-17)9-16-12(2)3/h6,8,10,12,16H,4-5,7,9,11H2,1-3H3,(H,15,18). The molecule has 0 fully saturated rings. The molecule has 0 atom stereocenters. The van der Waals surface area contributed by atoms with Crippen molar-refractivity contribution >= 4 is 5.91 Å². The average Bonchev–Trinajstić information content (AvgIpc) is 2.74. The fraction of sp³-hybridized carbons (Fsp3) is 0.643. The molecule has 0 spiro atoms. The lowest BCUT2D eigenvalue weighted by molar-refractivity contribution is -0.121. The minimum Gasteiger partial charge on any atom is -0.355 e. The number of nitrogens with zero attached hydrogens (tertiary/aromatic N) is 1. The summed E-state index contributed by atoms with van der Waals surface area (Å²) in [5.41, 5.74) is 1.21. The SMILES string of the molecule is CCCCNC(=O)Cn1ccc(CNC(C)C)c1. The van der Waals surface area contributed by atoms with E-state index in [0.29, 0.717) is 12.6 Å². The second-order valence-corrected chi connectivity index (χ2v) is 4.93. The Hall–Kier alpha value is -1.29. The third kappa shape index (κ3) is 5.87. The second-order valence-electron chi connectivity index (χ2n) is 4.93. The smallest absolute Gasteiger partial charge is 0.239 e. The van der Waals surface area contributed by atoms with Crippen molar-refractivity contribution in [2.45, 2.75) is 52.7 Å². The number of hydrogen-bond donors (Lipinski definition) is 2. The molecule has 0 bridgehead atoms. The van der Waals surface area contributed by atoms with Gasteiger partial charge >= 0.3 is 0 Å². The van der Waals surface area contributed by atoms with E-state index in [1.54, 1.807) is 0 Å².